The summed E-state index contributed by atoms with van der Waals surface area (Å²) in [5, 5.41) is 3.56. The zero-order chi connectivity index (χ0) is 14.8. The highest BCUT2D eigenvalue weighted by Gasteiger charge is 2.20. The standard InChI is InChI=1S/C18H21BFN/c1-12-15(7-13-3-2-4-16(20)9-13)8-14(10-18(12)19)11-21-17-5-6-17/h2-4,8-10,17,21H,5-7,11,19H2,1H3. The van der Waals surface area contributed by atoms with Gasteiger partial charge in [-0.1, -0.05) is 35.3 Å². The van der Waals surface area contributed by atoms with Crippen LogP contribution in [0.4, 0.5) is 4.39 Å². The van der Waals surface area contributed by atoms with Crippen LogP contribution >= 0.6 is 0 Å². The van der Waals surface area contributed by atoms with E-state index in [0.717, 1.165) is 24.6 Å². The largest absolute Gasteiger partial charge is 0.310 e. The Balaban J connectivity index is 1.81. The van der Waals surface area contributed by atoms with Gasteiger partial charge in [0.15, 0.2) is 0 Å². The van der Waals surface area contributed by atoms with E-state index in [4.69, 9.17) is 0 Å². The second kappa shape index (κ2) is 6.02. The molecule has 0 heterocycles. The lowest BCUT2D eigenvalue weighted by atomic mass is 9.85. The molecule has 0 aliphatic heterocycles. The lowest BCUT2D eigenvalue weighted by Crippen LogP contribution is -2.19. The molecule has 1 N–H and O–H groups in total. The first-order valence-electron chi connectivity index (χ1n) is 7.68. The van der Waals surface area contributed by atoms with Gasteiger partial charge < -0.3 is 5.32 Å². The van der Waals surface area contributed by atoms with Crippen LogP contribution in [-0.2, 0) is 13.0 Å². The summed E-state index contributed by atoms with van der Waals surface area (Å²) in [5.41, 5.74) is 6.29. The zero-order valence-electron chi connectivity index (χ0n) is 12.7. The van der Waals surface area contributed by atoms with Crippen molar-refractivity contribution in [1.82, 2.24) is 5.32 Å². The topological polar surface area (TPSA) is 12.0 Å². The van der Waals surface area contributed by atoms with E-state index in [1.807, 2.05) is 6.07 Å². The van der Waals surface area contributed by atoms with E-state index in [1.165, 1.54) is 41.1 Å². The van der Waals surface area contributed by atoms with Gasteiger partial charge in [-0.05, 0) is 55.0 Å². The average Bonchev–Trinajstić information content (AvgIpc) is 3.26. The quantitative estimate of drug-likeness (QED) is 0.829. The van der Waals surface area contributed by atoms with Gasteiger partial charge in [0.2, 0.25) is 0 Å². The van der Waals surface area contributed by atoms with Crippen molar-refractivity contribution in [3.8, 4) is 0 Å². The van der Waals surface area contributed by atoms with Gasteiger partial charge in [-0.25, -0.2) is 4.39 Å². The van der Waals surface area contributed by atoms with Crippen molar-refractivity contribution >= 4 is 13.3 Å². The van der Waals surface area contributed by atoms with Gasteiger partial charge >= 0.3 is 0 Å². The minimum absolute atomic E-state index is 0.159. The predicted octanol–water partition coefficient (Wildman–Crippen LogP) is 2.24. The Hall–Kier alpha value is -1.61. The fraction of sp³-hybridized carbons (Fsp3) is 0.333. The van der Waals surface area contributed by atoms with E-state index >= 15 is 0 Å². The van der Waals surface area contributed by atoms with E-state index in [9.17, 15) is 4.39 Å². The van der Waals surface area contributed by atoms with Crippen molar-refractivity contribution in [2.75, 3.05) is 0 Å². The molecule has 3 rings (SSSR count). The molecule has 2 aromatic carbocycles. The molecule has 0 aromatic heterocycles. The third-order valence-corrected chi connectivity index (χ3v) is 4.29. The van der Waals surface area contributed by atoms with Crippen molar-refractivity contribution in [1.29, 1.82) is 0 Å². The van der Waals surface area contributed by atoms with Crippen LogP contribution in [0.25, 0.3) is 0 Å². The maximum absolute atomic E-state index is 13.3. The Morgan fingerprint density at radius 1 is 1.19 bits per heavy atom. The molecule has 108 valence electrons. The van der Waals surface area contributed by atoms with Gasteiger partial charge in [-0.2, -0.15) is 0 Å². The minimum atomic E-state index is -0.159. The molecule has 1 fully saturated rings. The van der Waals surface area contributed by atoms with Gasteiger partial charge in [0.05, 0.1) is 0 Å². The molecule has 1 nitrogen and oxygen atoms in total. The molecule has 0 bridgehead atoms. The lowest BCUT2D eigenvalue weighted by molar-refractivity contribution is 0.626. The van der Waals surface area contributed by atoms with E-state index in [2.05, 4.69) is 32.2 Å². The van der Waals surface area contributed by atoms with E-state index < -0.39 is 0 Å². The SMILES string of the molecule is Bc1cc(CNC2CC2)cc(Cc2cccc(F)c2)c1C. The van der Waals surface area contributed by atoms with Gasteiger partial charge in [0.25, 0.3) is 0 Å². The third kappa shape index (κ3) is 3.73. The van der Waals surface area contributed by atoms with Gasteiger partial charge in [0.1, 0.15) is 13.7 Å². The van der Waals surface area contributed by atoms with E-state index in [0.29, 0.717) is 0 Å². The van der Waals surface area contributed by atoms with Crippen molar-refractivity contribution < 1.29 is 4.39 Å². The number of hydrogen-bond donors (Lipinski definition) is 1. The minimum Gasteiger partial charge on any atom is -0.310 e. The maximum Gasteiger partial charge on any atom is 0.139 e. The Kier molecular flexibility index (Phi) is 4.11. The van der Waals surface area contributed by atoms with Gasteiger partial charge in [-0.15, -0.1) is 0 Å². The first kappa shape index (κ1) is 14.3. The lowest BCUT2D eigenvalue weighted by Gasteiger charge is -2.13. The highest BCUT2D eigenvalue weighted by atomic mass is 19.1. The monoisotopic (exact) mass is 281 g/mol. The number of rotatable bonds is 5. The van der Waals surface area contributed by atoms with Crippen LogP contribution in [-0.4, -0.2) is 13.9 Å². The summed E-state index contributed by atoms with van der Waals surface area (Å²) in [7, 11) is 2.16. The molecular formula is C18H21BFN. The Morgan fingerprint density at radius 2 is 2.00 bits per heavy atom. The average molecular weight is 281 g/mol. The van der Waals surface area contributed by atoms with Gasteiger partial charge in [0, 0.05) is 12.6 Å². The van der Waals surface area contributed by atoms with Crippen LogP contribution in [0.3, 0.4) is 0 Å². The molecule has 1 aliphatic rings. The van der Waals surface area contributed by atoms with Crippen LogP contribution in [0.1, 0.15) is 35.1 Å². The molecule has 1 saturated carbocycles. The summed E-state index contributed by atoms with van der Waals surface area (Å²) in [6.07, 6.45) is 3.41. The molecule has 21 heavy (non-hydrogen) atoms. The zero-order valence-corrected chi connectivity index (χ0v) is 12.7. The van der Waals surface area contributed by atoms with Crippen molar-refractivity contribution in [3.05, 3.63) is 64.5 Å². The summed E-state index contributed by atoms with van der Waals surface area (Å²) < 4.78 is 13.3. The summed E-state index contributed by atoms with van der Waals surface area (Å²) in [4.78, 5) is 0. The summed E-state index contributed by atoms with van der Waals surface area (Å²) in [5.74, 6) is -0.159. The second-order valence-electron chi connectivity index (χ2n) is 6.16. The van der Waals surface area contributed by atoms with Crippen LogP contribution in [0.15, 0.2) is 36.4 Å². The Morgan fingerprint density at radius 3 is 2.71 bits per heavy atom. The molecule has 0 radical (unpaired) electrons. The fourth-order valence-electron chi connectivity index (χ4n) is 2.72. The van der Waals surface area contributed by atoms with Crippen LogP contribution in [0, 0.1) is 12.7 Å². The summed E-state index contributed by atoms with van der Waals surface area (Å²) in [6, 6.07) is 12.2. The normalized spacial score (nSPS) is 14.4. The fourth-order valence-corrected chi connectivity index (χ4v) is 2.72. The first-order valence-corrected chi connectivity index (χ1v) is 7.68. The van der Waals surface area contributed by atoms with Crippen LogP contribution < -0.4 is 10.8 Å². The Bertz CT molecular complexity index is 650. The molecule has 2 aromatic rings. The van der Waals surface area contributed by atoms with Crippen molar-refractivity contribution in [3.63, 3.8) is 0 Å². The predicted molar refractivity (Wildman–Crippen MR) is 88.4 cm³/mol. The Labute approximate surface area is 127 Å². The second-order valence-corrected chi connectivity index (χ2v) is 6.16. The summed E-state index contributed by atoms with van der Waals surface area (Å²) in [6.45, 7) is 3.09. The molecule has 0 unspecified atom stereocenters. The molecule has 0 amide bonds. The maximum atomic E-state index is 13.3. The highest BCUT2D eigenvalue weighted by Crippen LogP contribution is 2.20. The third-order valence-electron chi connectivity index (χ3n) is 4.29. The number of nitrogens with one attached hydrogen (secondary N) is 1. The van der Waals surface area contributed by atoms with E-state index in [-0.39, 0.29) is 5.82 Å². The first-order chi connectivity index (χ1) is 10.1. The molecular weight excluding hydrogens is 260 g/mol. The molecule has 0 spiro atoms. The number of hydrogen-bond acceptors (Lipinski definition) is 1. The molecule has 0 saturated heterocycles. The van der Waals surface area contributed by atoms with Crippen molar-refractivity contribution in [2.24, 2.45) is 0 Å². The van der Waals surface area contributed by atoms with Crippen LogP contribution in [0.2, 0.25) is 0 Å². The molecule has 1 aliphatic carbocycles. The molecule has 0 atom stereocenters. The smallest absolute Gasteiger partial charge is 0.139 e. The van der Waals surface area contributed by atoms with Crippen molar-refractivity contribution in [2.45, 2.75) is 38.8 Å². The van der Waals surface area contributed by atoms with Gasteiger partial charge in [-0.3, -0.25) is 0 Å². The highest BCUT2D eigenvalue weighted by molar-refractivity contribution is 6.33. The van der Waals surface area contributed by atoms with Crippen LogP contribution in [0.5, 0.6) is 0 Å². The number of halogens is 1. The molecule has 3 heteroatoms. The van der Waals surface area contributed by atoms with E-state index in [1.54, 1.807) is 12.1 Å². The number of benzene rings is 2. The summed E-state index contributed by atoms with van der Waals surface area (Å²) >= 11 is 0.